The predicted molar refractivity (Wildman–Crippen MR) is 74.9 cm³/mol. The van der Waals surface area contributed by atoms with Crippen molar-refractivity contribution in [2.45, 2.75) is 50.1 Å². The van der Waals surface area contributed by atoms with Gasteiger partial charge >= 0.3 is 5.69 Å². The van der Waals surface area contributed by atoms with Crippen LogP contribution in [-0.4, -0.2) is 29.7 Å². The molecule has 0 radical (unpaired) electrons. The highest BCUT2D eigenvalue weighted by atomic mass is 32.2. The van der Waals surface area contributed by atoms with Crippen LogP contribution in [0.15, 0.2) is 23.1 Å². The molecule has 1 heterocycles. The lowest BCUT2D eigenvalue weighted by Crippen LogP contribution is -2.39. The number of nitro groups is 1. The molecular formula is C13H17FN2O4S. The average molecular weight is 316 g/mol. The second-order valence-electron chi connectivity index (χ2n) is 5.19. The number of hydrogen-bond donors (Lipinski definition) is 0. The molecule has 1 aliphatic heterocycles. The first-order valence-electron chi connectivity index (χ1n) is 6.76. The highest BCUT2D eigenvalue weighted by Crippen LogP contribution is 2.33. The summed E-state index contributed by atoms with van der Waals surface area (Å²) < 4.78 is 40.3. The van der Waals surface area contributed by atoms with Crippen molar-refractivity contribution in [2.75, 3.05) is 0 Å². The van der Waals surface area contributed by atoms with Crippen molar-refractivity contribution < 1.29 is 17.7 Å². The summed E-state index contributed by atoms with van der Waals surface area (Å²) in [5.41, 5.74) is -0.726. The fourth-order valence-corrected chi connectivity index (χ4v) is 4.75. The lowest BCUT2D eigenvalue weighted by molar-refractivity contribution is -0.387. The molecule has 0 aliphatic carbocycles. The Morgan fingerprint density at radius 1 is 1.43 bits per heavy atom. The Balaban J connectivity index is 2.44. The van der Waals surface area contributed by atoms with Gasteiger partial charge in [-0.2, -0.15) is 8.70 Å². The Morgan fingerprint density at radius 2 is 2.10 bits per heavy atom. The van der Waals surface area contributed by atoms with Crippen LogP contribution in [0.2, 0.25) is 0 Å². The average Bonchev–Trinajstić information content (AvgIpc) is 2.79. The van der Waals surface area contributed by atoms with Gasteiger partial charge in [-0.1, -0.05) is 6.92 Å². The van der Waals surface area contributed by atoms with E-state index in [9.17, 15) is 22.9 Å². The molecule has 8 heteroatoms. The monoisotopic (exact) mass is 316 g/mol. The third-order valence-corrected chi connectivity index (χ3v) is 5.94. The lowest BCUT2D eigenvalue weighted by Gasteiger charge is -2.26. The van der Waals surface area contributed by atoms with E-state index in [1.807, 2.05) is 13.8 Å². The van der Waals surface area contributed by atoms with Crippen molar-refractivity contribution in [3.8, 4) is 0 Å². The molecule has 0 spiro atoms. The second kappa shape index (κ2) is 5.69. The minimum absolute atomic E-state index is 0.108. The van der Waals surface area contributed by atoms with Crippen molar-refractivity contribution in [1.29, 1.82) is 0 Å². The van der Waals surface area contributed by atoms with Gasteiger partial charge in [0.2, 0.25) is 15.8 Å². The fraction of sp³-hybridized carbons (Fsp3) is 0.538. The third-order valence-electron chi connectivity index (χ3n) is 3.87. The molecule has 1 fully saturated rings. The number of hydrogen-bond acceptors (Lipinski definition) is 4. The van der Waals surface area contributed by atoms with Gasteiger partial charge in [0.1, 0.15) is 0 Å². The van der Waals surface area contributed by atoms with Gasteiger partial charge in [0.15, 0.2) is 0 Å². The van der Waals surface area contributed by atoms with Gasteiger partial charge < -0.3 is 0 Å². The zero-order valence-corrected chi connectivity index (χ0v) is 12.6. The maximum atomic E-state index is 13.7. The van der Waals surface area contributed by atoms with E-state index < -0.39 is 26.5 Å². The third kappa shape index (κ3) is 2.77. The lowest BCUT2D eigenvalue weighted by atomic mass is 10.2. The molecular weight excluding hydrogens is 299 g/mol. The number of nitro benzene ring substituents is 1. The maximum Gasteiger partial charge on any atom is 0.304 e. The Hall–Kier alpha value is -1.54. The van der Waals surface area contributed by atoms with Gasteiger partial charge in [-0.05, 0) is 32.3 Å². The summed E-state index contributed by atoms with van der Waals surface area (Å²) in [4.78, 5) is 9.48. The normalized spacial score (nSPS) is 23.4. The van der Waals surface area contributed by atoms with E-state index in [-0.39, 0.29) is 17.0 Å². The van der Waals surface area contributed by atoms with Crippen LogP contribution >= 0.6 is 0 Å². The Morgan fingerprint density at radius 3 is 2.62 bits per heavy atom. The summed E-state index contributed by atoms with van der Waals surface area (Å²) in [7, 11) is -3.84. The zero-order chi connectivity index (χ0) is 15.8. The van der Waals surface area contributed by atoms with Crippen LogP contribution in [0, 0.1) is 15.9 Å². The first-order chi connectivity index (χ1) is 9.78. The summed E-state index contributed by atoms with van der Waals surface area (Å²) in [6, 6.07) is 2.45. The van der Waals surface area contributed by atoms with E-state index in [1.165, 1.54) is 4.31 Å². The number of halogens is 1. The van der Waals surface area contributed by atoms with Gasteiger partial charge in [-0.15, -0.1) is 0 Å². The topological polar surface area (TPSA) is 80.5 Å². The molecule has 116 valence electrons. The summed E-state index contributed by atoms with van der Waals surface area (Å²) in [5, 5.41) is 10.6. The van der Waals surface area contributed by atoms with Crippen LogP contribution in [0.1, 0.15) is 33.1 Å². The van der Waals surface area contributed by atoms with E-state index in [1.54, 1.807) is 0 Å². The molecule has 2 atom stereocenters. The summed E-state index contributed by atoms with van der Waals surface area (Å²) >= 11 is 0. The van der Waals surface area contributed by atoms with Gasteiger partial charge in [0.05, 0.1) is 9.82 Å². The molecule has 1 saturated heterocycles. The molecule has 0 aromatic heterocycles. The maximum absolute atomic E-state index is 13.7. The van der Waals surface area contributed by atoms with Crippen molar-refractivity contribution >= 4 is 15.7 Å². The molecule has 1 aromatic carbocycles. The number of rotatable bonds is 4. The summed E-state index contributed by atoms with van der Waals surface area (Å²) in [6.07, 6.45) is 2.21. The first-order valence-corrected chi connectivity index (χ1v) is 8.20. The molecule has 6 nitrogen and oxygen atoms in total. The van der Waals surface area contributed by atoms with Crippen LogP contribution in [-0.2, 0) is 10.0 Å². The van der Waals surface area contributed by atoms with Crippen LogP contribution in [0.3, 0.4) is 0 Å². The van der Waals surface area contributed by atoms with Crippen molar-refractivity contribution in [3.63, 3.8) is 0 Å². The van der Waals surface area contributed by atoms with Crippen molar-refractivity contribution in [2.24, 2.45) is 0 Å². The van der Waals surface area contributed by atoms with Gasteiger partial charge in [-0.25, -0.2) is 8.42 Å². The molecule has 0 bridgehead atoms. The van der Waals surface area contributed by atoms with E-state index in [0.29, 0.717) is 6.42 Å². The minimum atomic E-state index is -3.84. The Bertz CT molecular complexity index is 662. The van der Waals surface area contributed by atoms with E-state index in [0.717, 1.165) is 31.0 Å². The molecule has 2 unspecified atom stereocenters. The van der Waals surface area contributed by atoms with E-state index >= 15 is 0 Å². The standard InChI is InChI=1S/C13H17FN2O4S/c1-3-10-5-4-9(2)15(10)21(19,20)11-6-7-13(16(17)18)12(14)8-11/h6-10H,3-5H2,1-2H3. The highest BCUT2D eigenvalue weighted by molar-refractivity contribution is 7.89. The van der Waals surface area contributed by atoms with Crippen molar-refractivity contribution in [3.05, 3.63) is 34.1 Å². The molecule has 0 amide bonds. The quantitative estimate of drug-likeness (QED) is 0.632. The minimum Gasteiger partial charge on any atom is -0.258 e. The molecule has 2 rings (SSSR count). The smallest absolute Gasteiger partial charge is 0.258 e. The highest BCUT2D eigenvalue weighted by Gasteiger charge is 2.39. The van der Waals surface area contributed by atoms with Gasteiger partial charge in [-0.3, -0.25) is 10.1 Å². The van der Waals surface area contributed by atoms with Crippen molar-refractivity contribution in [1.82, 2.24) is 4.31 Å². The summed E-state index contributed by atoms with van der Waals surface area (Å²) in [6.45, 7) is 3.72. The molecule has 21 heavy (non-hydrogen) atoms. The van der Waals surface area contributed by atoms with E-state index in [4.69, 9.17) is 0 Å². The summed E-state index contributed by atoms with van der Waals surface area (Å²) in [5.74, 6) is -1.14. The van der Waals surface area contributed by atoms with Gasteiger partial charge in [0, 0.05) is 24.2 Å². The van der Waals surface area contributed by atoms with Gasteiger partial charge in [0.25, 0.3) is 0 Å². The second-order valence-corrected chi connectivity index (χ2v) is 7.04. The zero-order valence-electron chi connectivity index (χ0n) is 11.8. The number of benzene rings is 1. The predicted octanol–water partition coefficient (Wildman–Crippen LogP) is 2.69. The Kier molecular flexibility index (Phi) is 4.29. The molecule has 0 N–H and O–H groups in total. The SMILES string of the molecule is CCC1CCC(C)N1S(=O)(=O)c1ccc([N+](=O)[O-])c(F)c1. The van der Waals surface area contributed by atoms with Crippen LogP contribution in [0.4, 0.5) is 10.1 Å². The molecule has 0 saturated carbocycles. The Labute approximate surface area is 122 Å². The largest absolute Gasteiger partial charge is 0.304 e. The fourth-order valence-electron chi connectivity index (χ4n) is 2.78. The van der Waals surface area contributed by atoms with Crippen LogP contribution < -0.4 is 0 Å². The molecule has 1 aromatic rings. The van der Waals surface area contributed by atoms with Crippen LogP contribution in [0.25, 0.3) is 0 Å². The van der Waals surface area contributed by atoms with E-state index in [2.05, 4.69) is 0 Å². The number of nitrogens with zero attached hydrogens (tertiary/aromatic N) is 2. The number of sulfonamides is 1. The molecule has 1 aliphatic rings. The first kappa shape index (κ1) is 15.8. The van der Waals surface area contributed by atoms with Crippen LogP contribution in [0.5, 0.6) is 0 Å².